The van der Waals surface area contributed by atoms with Crippen LogP contribution in [-0.2, 0) is 0 Å². The monoisotopic (exact) mass is 378 g/mol. The average molecular weight is 378 g/mol. The van der Waals surface area contributed by atoms with Gasteiger partial charge in [0, 0.05) is 17.7 Å². The Morgan fingerprint density at radius 2 is 1.89 bits per heavy atom. The molecule has 3 aromatic rings. The summed E-state index contributed by atoms with van der Waals surface area (Å²) in [4.78, 5) is 14.9. The summed E-state index contributed by atoms with van der Waals surface area (Å²) in [6.07, 6.45) is 0. The maximum atomic E-state index is 13.0. The van der Waals surface area contributed by atoms with Crippen LogP contribution in [0.5, 0.6) is 11.5 Å². The van der Waals surface area contributed by atoms with Crippen LogP contribution in [0.2, 0.25) is 0 Å². The van der Waals surface area contributed by atoms with Gasteiger partial charge < -0.3 is 19.7 Å². The standard InChI is InChI=1S/C21H18N2O3S/c24-21(22-17-7-3-5-14-4-1-2-6-16(14)17)23-10-11-27-20(23)15-8-9-18-19(12-15)26-13-25-18/h1-9,12,20H,10-11,13H2,(H,22,24). The van der Waals surface area contributed by atoms with Crippen LogP contribution in [0.1, 0.15) is 10.9 Å². The van der Waals surface area contributed by atoms with Crippen molar-refractivity contribution in [3.05, 3.63) is 66.2 Å². The van der Waals surface area contributed by atoms with Crippen LogP contribution in [0.15, 0.2) is 60.7 Å². The molecule has 1 N–H and O–H groups in total. The Kier molecular flexibility index (Phi) is 4.05. The summed E-state index contributed by atoms with van der Waals surface area (Å²) in [6, 6.07) is 19.8. The van der Waals surface area contributed by atoms with Gasteiger partial charge in [-0.05, 0) is 29.1 Å². The number of rotatable bonds is 2. The Balaban J connectivity index is 1.40. The van der Waals surface area contributed by atoms with Gasteiger partial charge in [0.2, 0.25) is 6.79 Å². The Morgan fingerprint density at radius 3 is 2.85 bits per heavy atom. The predicted molar refractivity (Wildman–Crippen MR) is 107 cm³/mol. The summed E-state index contributed by atoms with van der Waals surface area (Å²) in [6.45, 7) is 0.961. The fraction of sp³-hybridized carbons (Fsp3) is 0.190. The molecule has 0 radical (unpaired) electrons. The highest BCUT2D eigenvalue weighted by Crippen LogP contribution is 2.42. The minimum Gasteiger partial charge on any atom is -0.454 e. The van der Waals surface area contributed by atoms with E-state index in [9.17, 15) is 4.79 Å². The minimum absolute atomic E-state index is 0.0329. The lowest BCUT2D eigenvalue weighted by Gasteiger charge is -2.25. The fourth-order valence-corrected chi connectivity index (χ4v) is 4.79. The van der Waals surface area contributed by atoms with Gasteiger partial charge >= 0.3 is 6.03 Å². The third kappa shape index (κ3) is 2.96. The Labute approximate surface area is 161 Å². The lowest BCUT2D eigenvalue weighted by molar-refractivity contribution is 0.174. The second kappa shape index (κ2) is 6.70. The van der Waals surface area contributed by atoms with Crippen molar-refractivity contribution in [3.8, 4) is 11.5 Å². The molecule has 1 fully saturated rings. The van der Waals surface area contributed by atoms with E-state index in [1.165, 1.54) is 0 Å². The first kappa shape index (κ1) is 16.3. The van der Waals surface area contributed by atoms with Gasteiger partial charge in [0.25, 0.3) is 0 Å². The first-order valence-electron chi connectivity index (χ1n) is 8.86. The number of nitrogens with zero attached hydrogens (tertiary/aromatic N) is 1. The number of benzene rings is 3. The minimum atomic E-state index is -0.0842. The summed E-state index contributed by atoms with van der Waals surface area (Å²) in [5.74, 6) is 2.41. The maximum Gasteiger partial charge on any atom is 0.323 e. The zero-order chi connectivity index (χ0) is 18.2. The molecule has 0 bridgehead atoms. The van der Waals surface area contributed by atoms with Crippen molar-refractivity contribution >= 4 is 34.3 Å². The highest BCUT2D eigenvalue weighted by molar-refractivity contribution is 7.99. The number of hydrogen-bond donors (Lipinski definition) is 1. The number of urea groups is 1. The number of nitrogens with one attached hydrogen (secondary N) is 1. The van der Waals surface area contributed by atoms with Crippen molar-refractivity contribution in [1.82, 2.24) is 4.90 Å². The van der Waals surface area contributed by atoms with Gasteiger partial charge in [0.05, 0.1) is 5.69 Å². The number of carbonyl (C=O) groups excluding carboxylic acids is 1. The van der Waals surface area contributed by atoms with Gasteiger partial charge in [-0.1, -0.05) is 42.5 Å². The largest absolute Gasteiger partial charge is 0.454 e. The van der Waals surface area contributed by atoms with Crippen LogP contribution in [-0.4, -0.2) is 30.0 Å². The van der Waals surface area contributed by atoms with Crippen LogP contribution in [0.3, 0.4) is 0 Å². The van der Waals surface area contributed by atoms with E-state index >= 15 is 0 Å². The normalized spacial score (nSPS) is 18.1. The SMILES string of the molecule is O=C(Nc1cccc2ccccc12)N1CCSC1c1ccc2c(c1)OCO2. The van der Waals surface area contributed by atoms with E-state index in [4.69, 9.17) is 9.47 Å². The second-order valence-electron chi connectivity index (χ2n) is 6.49. The maximum absolute atomic E-state index is 13.0. The summed E-state index contributed by atoms with van der Waals surface area (Å²) in [5, 5.41) is 5.21. The Bertz CT molecular complexity index is 1020. The van der Waals surface area contributed by atoms with E-state index in [0.29, 0.717) is 6.54 Å². The number of fused-ring (bicyclic) bond motifs is 2. The molecule has 5 nitrogen and oxygen atoms in total. The van der Waals surface area contributed by atoms with Gasteiger partial charge in [0.15, 0.2) is 11.5 Å². The van der Waals surface area contributed by atoms with E-state index in [2.05, 4.69) is 5.32 Å². The van der Waals surface area contributed by atoms with Crippen molar-refractivity contribution in [1.29, 1.82) is 0 Å². The molecule has 1 saturated heterocycles. The molecule has 136 valence electrons. The van der Waals surface area contributed by atoms with Gasteiger partial charge in [-0.15, -0.1) is 11.8 Å². The van der Waals surface area contributed by atoms with E-state index in [-0.39, 0.29) is 18.2 Å². The predicted octanol–water partition coefficient (Wildman–Crippen LogP) is 4.85. The second-order valence-corrected chi connectivity index (χ2v) is 7.67. The van der Waals surface area contributed by atoms with Crippen molar-refractivity contribution in [2.45, 2.75) is 5.37 Å². The van der Waals surface area contributed by atoms with Gasteiger partial charge in [0.1, 0.15) is 5.37 Å². The molecular formula is C21H18N2O3S. The molecule has 0 spiro atoms. The number of amides is 2. The third-order valence-electron chi connectivity index (χ3n) is 4.86. The number of carbonyl (C=O) groups is 1. The van der Waals surface area contributed by atoms with Crippen molar-refractivity contribution < 1.29 is 14.3 Å². The molecule has 0 saturated carbocycles. The molecule has 2 amide bonds. The topological polar surface area (TPSA) is 50.8 Å². The summed E-state index contributed by atoms with van der Waals surface area (Å²) in [5.41, 5.74) is 1.88. The molecule has 2 heterocycles. The lowest BCUT2D eigenvalue weighted by atomic mass is 10.1. The number of ether oxygens (including phenoxy) is 2. The first-order valence-corrected chi connectivity index (χ1v) is 9.91. The van der Waals surface area contributed by atoms with E-state index in [1.54, 1.807) is 11.8 Å². The quantitative estimate of drug-likeness (QED) is 0.693. The Morgan fingerprint density at radius 1 is 1.04 bits per heavy atom. The molecular weight excluding hydrogens is 360 g/mol. The average Bonchev–Trinajstić information content (AvgIpc) is 3.37. The van der Waals surface area contributed by atoms with Crippen LogP contribution in [0.25, 0.3) is 10.8 Å². The molecule has 0 aliphatic carbocycles. The van der Waals surface area contributed by atoms with Gasteiger partial charge in [-0.3, -0.25) is 0 Å². The van der Waals surface area contributed by atoms with Crippen molar-refractivity contribution in [2.24, 2.45) is 0 Å². The molecule has 0 aromatic heterocycles. The van der Waals surface area contributed by atoms with E-state index in [1.807, 2.05) is 65.6 Å². The molecule has 2 aliphatic heterocycles. The summed E-state index contributed by atoms with van der Waals surface area (Å²) >= 11 is 1.76. The van der Waals surface area contributed by atoms with Gasteiger partial charge in [-0.2, -0.15) is 0 Å². The highest BCUT2D eigenvalue weighted by Gasteiger charge is 2.32. The van der Waals surface area contributed by atoms with Crippen LogP contribution in [0, 0.1) is 0 Å². The smallest absolute Gasteiger partial charge is 0.323 e. The van der Waals surface area contributed by atoms with Crippen LogP contribution < -0.4 is 14.8 Å². The summed E-state index contributed by atoms with van der Waals surface area (Å²) in [7, 11) is 0. The zero-order valence-electron chi connectivity index (χ0n) is 14.6. The zero-order valence-corrected chi connectivity index (χ0v) is 15.4. The van der Waals surface area contributed by atoms with E-state index in [0.717, 1.165) is 39.3 Å². The highest BCUT2D eigenvalue weighted by atomic mass is 32.2. The van der Waals surface area contributed by atoms with Crippen LogP contribution in [0.4, 0.5) is 10.5 Å². The molecule has 1 atom stereocenters. The number of thioether (sulfide) groups is 1. The fourth-order valence-electron chi connectivity index (χ4n) is 3.54. The third-order valence-corrected chi connectivity index (χ3v) is 6.13. The number of anilines is 1. The van der Waals surface area contributed by atoms with E-state index < -0.39 is 0 Å². The summed E-state index contributed by atoms with van der Waals surface area (Å²) < 4.78 is 10.9. The molecule has 1 unspecified atom stereocenters. The molecule has 5 rings (SSSR count). The first-order chi connectivity index (χ1) is 13.3. The van der Waals surface area contributed by atoms with Gasteiger partial charge in [-0.25, -0.2) is 4.79 Å². The Hall–Kier alpha value is -2.86. The molecule has 3 aromatic carbocycles. The molecule has 27 heavy (non-hydrogen) atoms. The number of hydrogen-bond acceptors (Lipinski definition) is 4. The van der Waals surface area contributed by atoms with Crippen molar-refractivity contribution in [3.63, 3.8) is 0 Å². The van der Waals surface area contributed by atoms with Crippen molar-refractivity contribution in [2.75, 3.05) is 24.4 Å². The lowest BCUT2D eigenvalue weighted by Crippen LogP contribution is -2.34. The molecule has 6 heteroatoms. The van der Waals surface area contributed by atoms with Crippen LogP contribution >= 0.6 is 11.8 Å². The molecule has 2 aliphatic rings.